The minimum Gasteiger partial charge on any atom is -0.493 e. The molecule has 2 heterocycles. The first kappa shape index (κ1) is 18.3. The van der Waals surface area contributed by atoms with Crippen LogP contribution in [0.3, 0.4) is 0 Å². The van der Waals surface area contributed by atoms with Crippen LogP contribution in [-0.2, 0) is 11.2 Å². The number of fused-ring (bicyclic) bond motifs is 4. The lowest BCUT2D eigenvalue weighted by Gasteiger charge is -2.46. The van der Waals surface area contributed by atoms with Crippen molar-refractivity contribution in [1.29, 1.82) is 0 Å². The van der Waals surface area contributed by atoms with Crippen LogP contribution in [0.1, 0.15) is 42.9 Å². The molecule has 8 nitrogen and oxygen atoms in total. The minimum absolute atomic E-state index is 0.0293. The third-order valence-electron chi connectivity index (χ3n) is 5.71. The highest BCUT2D eigenvalue weighted by atomic mass is 16.5. The number of nitrogens with zero attached hydrogens (tertiary/aromatic N) is 2. The number of amides is 2. The molecule has 3 aliphatic rings. The molecule has 1 unspecified atom stereocenters. The highest BCUT2D eigenvalue weighted by Gasteiger charge is 2.40. The topological polar surface area (TPSA) is 106 Å². The Morgan fingerprint density at radius 2 is 1.96 bits per heavy atom. The van der Waals surface area contributed by atoms with Gasteiger partial charge >= 0.3 is 6.03 Å². The zero-order valence-electron chi connectivity index (χ0n) is 16.1. The van der Waals surface area contributed by atoms with Crippen LogP contribution in [-0.4, -0.2) is 43.2 Å². The molecule has 0 fully saturated rings. The van der Waals surface area contributed by atoms with Gasteiger partial charge in [-0.3, -0.25) is 4.79 Å². The van der Waals surface area contributed by atoms with E-state index < -0.39 is 6.03 Å². The molecule has 3 N–H and O–H groups in total. The largest absolute Gasteiger partial charge is 0.493 e. The van der Waals surface area contributed by atoms with Crippen LogP contribution >= 0.6 is 0 Å². The highest BCUT2D eigenvalue weighted by molar-refractivity contribution is 6.24. The lowest BCUT2D eigenvalue weighted by molar-refractivity contribution is -0.115. The number of hydrogen-bond acceptors (Lipinski definition) is 6. The Hall–Kier alpha value is -3.03. The van der Waals surface area contributed by atoms with Crippen LogP contribution in [0.2, 0.25) is 0 Å². The summed E-state index contributed by atoms with van der Waals surface area (Å²) in [6.07, 6.45) is 3.55. The number of ketones is 1. The predicted molar refractivity (Wildman–Crippen MR) is 103 cm³/mol. The van der Waals surface area contributed by atoms with E-state index in [2.05, 4.69) is 15.4 Å². The maximum atomic E-state index is 12.6. The Bertz CT molecular complexity index is 906. The lowest BCUT2D eigenvalue weighted by Crippen LogP contribution is -2.44. The van der Waals surface area contributed by atoms with Crippen molar-refractivity contribution in [2.45, 2.75) is 38.1 Å². The van der Waals surface area contributed by atoms with Gasteiger partial charge in [0.25, 0.3) is 0 Å². The Kier molecular flexibility index (Phi) is 4.70. The molecule has 1 aromatic carbocycles. The quantitative estimate of drug-likeness (QED) is 0.776. The third-order valence-corrected chi connectivity index (χ3v) is 5.71. The van der Waals surface area contributed by atoms with Gasteiger partial charge in [-0.1, -0.05) is 0 Å². The smallest absolute Gasteiger partial charge is 0.332 e. The molecule has 148 valence electrons. The number of carbonyl (C=O) groups excluding carboxylic acids is 2. The number of methoxy groups -OCH3 is 2. The van der Waals surface area contributed by atoms with Crippen molar-refractivity contribution in [3.8, 4) is 11.5 Å². The molecule has 8 heteroatoms. The zero-order chi connectivity index (χ0) is 19.8. The van der Waals surface area contributed by atoms with Crippen LogP contribution in [0, 0.1) is 0 Å². The minimum atomic E-state index is -0.740. The predicted octanol–water partition coefficient (Wildman–Crippen LogP) is 2.04. The van der Waals surface area contributed by atoms with Crippen molar-refractivity contribution in [3.63, 3.8) is 0 Å². The van der Waals surface area contributed by atoms with Crippen molar-refractivity contribution in [1.82, 2.24) is 10.3 Å². The second-order valence-electron chi connectivity index (χ2n) is 7.20. The number of carbonyl (C=O) groups is 2. The fourth-order valence-electron chi connectivity index (χ4n) is 4.52. The number of primary amides is 1. The van der Waals surface area contributed by atoms with Gasteiger partial charge in [0.05, 0.1) is 31.5 Å². The van der Waals surface area contributed by atoms with Gasteiger partial charge in [0.15, 0.2) is 17.3 Å². The molecule has 0 saturated carbocycles. The average molecular weight is 384 g/mol. The Morgan fingerprint density at radius 1 is 1.21 bits per heavy atom. The number of rotatable bonds is 3. The second-order valence-corrected chi connectivity index (χ2v) is 7.20. The average Bonchev–Trinajstić information content (AvgIpc) is 2.70. The zero-order valence-corrected chi connectivity index (χ0v) is 16.1. The van der Waals surface area contributed by atoms with Crippen molar-refractivity contribution in [3.05, 3.63) is 34.5 Å². The summed E-state index contributed by atoms with van der Waals surface area (Å²) in [4.78, 5) is 26.1. The van der Waals surface area contributed by atoms with Gasteiger partial charge < -0.3 is 20.1 Å². The Morgan fingerprint density at radius 3 is 2.68 bits per heavy atom. The van der Waals surface area contributed by atoms with E-state index in [1.54, 1.807) is 14.2 Å². The van der Waals surface area contributed by atoms with Crippen LogP contribution < -0.4 is 20.6 Å². The second kappa shape index (κ2) is 7.18. The number of allylic oxidation sites excluding steroid dienone is 2. The normalized spacial score (nSPS) is 22.4. The summed E-state index contributed by atoms with van der Waals surface area (Å²) < 4.78 is 10.9. The summed E-state index contributed by atoms with van der Waals surface area (Å²) in [5, 5.41) is 4.19. The molecule has 0 aromatic heterocycles. The van der Waals surface area contributed by atoms with E-state index in [1.165, 1.54) is 5.56 Å². The monoisotopic (exact) mass is 384 g/mol. The van der Waals surface area contributed by atoms with Crippen LogP contribution in [0.5, 0.6) is 11.5 Å². The van der Waals surface area contributed by atoms with Gasteiger partial charge in [-0.15, -0.1) is 0 Å². The van der Waals surface area contributed by atoms with E-state index in [9.17, 15) is 9.59 Å². The molecule has 2 amide bonds. The molecule has 0 saturated heterocycles. The number of benzene rings is 1. The highest BCUT2D eigenvalue weighted by Crippen LogP contribution is 2.46. The first-order valence-corrected chi connectivity index (χ1v) is 9.43. The van der Waals surface area contributed by atoms with Gasteiger partial charge in [0.1, 0.15) is 0 Å². The van der Waals surface area contributed by atoms with Crippen molar-refractivity contribution < 1.29 is 19.1 Å². The molecule has 1 aromatic rings. The van der Waals surface area contributed by atoms with E-state index in [1.807, 2.05) is 12.1 Å². The first-order valence-electron chi connectivity index (χ1n) is 9.43. The van der Waals surface area contributed by atoms with Crippen LogP contribution in [0.4, 0.5) is 4.79 Å². The summed E-state index contributed by atoms with van der Waals surface area (Å²) >= 11 is 0. The molecular formula is C20H24N4O4. The fourth-order valence-corrected chi connectivity index (χ4v) is 4.52. The first-order chi connectivity index (χ1) is 13.5. The van der Waals surface area contributed by atoms with Gasteiger partial charge in [-0.05, 0) is 42.5 Å². The summed E-state index contributed by atoms with van der Waals surface area (Å²) in [5.41, 5.74) is 12.1. The summed E-state index contributed by atoms with van der Waals surface area (Å²) in [7, 11) is 3.25. The molecular weight excluding hydrogens is 360 g/mol. The number of urea groups is 1. The maximum Gasteiger partial charge on any atom is 0.332 e. The van der Waals surface area contributed by atoms with Crippen molar-refractivity contribution in [2.75, 3.05) is 20.8 Å². The molecule has 0 radical (unpaired) electrons. The van der Waals surface area contributed by atoms with E-state index >= 15 is 0 Å². The van der Waals surface area contributed by atoms with E-state index in [0.29, 0.717) is 35.6 Å². The maximum absolute atomic E-state index is 12.6. The third kappa shape index (κ3) is 2.98. The van der Waals surface area contributed by atoms with Gasteiger partial charge in [-0.25, -0.2) is 10.2 Å². The molecule has 0 spiro atoms. The number of Topliss-reactive ketones (excluding diaryl/α,β-unsaturated/α-hetero) is 1. The number of hydrazone groups is 1. The standard InChI is InChI=1S/C20H24N4O4/c1-27-17-8-11-6-7-24-14-4-3-5-16(25)19(14)13(22-23-20(21)26)10-15(24)12(11)9-18(17)28-2/h8-9,15H,3-7,10H2,1-2H3,(H3,21,23,26)/b22-13+. The summed E-state index contributed by atoms with van der Waals surface area (Å²) in [6.45, 7) is 0.829. The van der Waals surface area contributed by atoms with Gasteiger partial charge in [0, 0.05) is 25.1 Å². The van der Waals surface area contributed by atoms with Gasteiger partial charge in [-0.2, -0.15) is 5.10 Å². The van der Waals surface area contributed by atoms with Crippen LogP contribution in [0.25, 0.3) is 0 Å². The SMILES string of the molecule is COc1cc2c(cc1OC)C1C/C(=N\NC(N)=O)C3=C(CCCC3=O)N1CC2. The van der Waals surface area contributed by atoms with Gasteiger partial charge in [0.2, 0.25) is 0 Å². The summed E-state index contributed by atoms with van der Waals surface area (Å²) in [6, 6.07) is 3.33. The number of nitrogens with two attached hydrogens (primary N) is 1. The van der Waals surface area contributed by atoms with Crippen LogP contribution in [0.15, 0.2) is 28.5 Å². The van der Waals surface area contributed by atoms with E-state index in [4.69, 9.17) is 15.2 Å². The number of hydrogen-bond donors (Lipinski definition) is 2. The van der Waals surface area contributed by atoms with E-state index in [0.717, 1.165) is 37.1 Å². The van der Waals surface area contributed by atoms with Crippen molar-refractivity contribution in [2.24, 2.45) is 10.8 Å². The molecule has 1 aliphatic carbocycles. The number of nitrogens with one attached hydrogen (secondary N) is 1. The van der Waals surface area contributed by atoms with E-state index in [-0.39, 0.29) is 11.8 Å². The molecule has 0 bridgehead atoms. The Balaban J connectivity index is 1.82. The molecule has 4 rings (SSSR count). The molecule has 28 heavy (non-hydrogen) atoms. The van der Waals surface area contributed by atoms with Crippen molar-refractivity contribution >= 4 is 17.5 Å². The summed E-state index contributed by atoms with van der Waals surface area (Å²) in [5.74, 6) is 1.47. The fraction of sp³-hybridized carbons (Fsp3) is 0.450. The molecule has 1 atom stereocenters. The lowest BCUT2D eigenvalue weighted by atomic mass is 9.79. The number of ether oxygens (including phenoxy) is 2. The Labute approximate surface area is 163 Å². The molecule has 2 aliphatic heterocycles.